The van der Waals surface area contributed by atoms with E-state index in [1.165, 1.54) is 18.6 Å². The van der Waals surface area contributed by atoms with E-state index in [9.17, 15) is 4.79 Å². The van der Waals surface area contributed by atoms with Crippen LogP contribution in [0.4, 0.5) is 0 Å². The van der Waals surface area contributed by atoms with E-state index in [4.69, 9.17) is 9.47 Å². The molecule has 1 saturated heterocycles. The summed E-state index contributed by atoms with van der Waals surface area (Å²) in [6, 6.07) is 6.04. The van der Waals surface area contributed by atoms with Crippen molar-refractivity contribution in [2.45, 2.75) is 63.7 Å². The molecule has 2 heterocycles. The van der Waals surface area contributed by atoms with E-state index in [-0.39, 0.29) is 11.9 Å². The van der Waals surface area contributed by atoms with Crippen molar-refractivity contribution < 1.29 is 14.3 Å². The van der Waals surface area contributed by atoms with Crippen LogP contribution < -0.4 is 14.8 Å². The molecule has 0 bridgehead atoms. The van der Waals surface area contributed by atoms with E-state index in [2.05, 4.69) is 19.2 Å². The SMILES string of the molecule is CC(C)[C@@H](NC(=O)CCCC[C@H]1CCSS1)c1ccc2c(c1)OCCCO2. The molecule has 0 aliphatic carbocycles. The van der Waals surface area contributed by atoms with Gasteiger partial charge in [0.1, 0.15) is 0 Å². The van der Waals surface area contributed by atoms with Crippen LogP contribution in [-0.4, -0.2) is 30.1 Å². The highest BCUT2D eigenvalue weighted by Crippen LogP contribution is 2.40. The number of carbonyl (C=O) groups is 1. The minimum atomic E-state index is -0.00330. The summed E-state index contributed by atoms with van der Waals surface area (Å²) in [5, 5.41) is 4.03. The molecule has 4 nitrogen and oxygen atoms in total. The lowest BCUT2D eigenvalue weighted by molar-refractivity contribution is -0.122. The fourth-order valence-electron chi connectivity index (χ4n) is 3.48. The van der Waals surface area contributed by atoms with Gasteiger partial charge < -0.3 is 14.8 Å². The predicted molar refractivity (Wildman–Crippen MR) is 115 cm³/mol. The molecular weight excluding hydrogens is 378 g/mol. The Balaban J connectivity index is 1.52. The molecule has 1 amide bonds. The molecule has 1 fully saturated rings. The maximum Gasteiger partial charge on any atom is 0.220 e. The second-order valence-electron chi connectivity index (χ2n) is 7.62. The summed E-state index contributed by atoms with van der Waals surface area (Å²) in [5.41, 5.74) is 1.09. The first kappa shape index (κ1) is 20.7. The Morgan fingerprint density at radius 1 is 1.22 bits per heavy atom. The van der Waals surface area contributed by atoms with E-state index in [1.54, 1.807) is 0 Å². The number of rotatable bonds is 8. The van der Waals surface area contributed by atoms with Gasteiger partial charge in [-0.25, -0.2) is 0 Å². The number of amides is 1. The first-order valence-electron chi connectivity index (χ1n) is 10.1. The zero-order valence-corrected chi connectivity index (χ0v) is 18.0. The highest BCUT2D eigenvalue weighted by molar-refractivity contribution is 8.77. The number of hydrogen-bond donors (Lipinski definition) is 1. The van der Waals surface area contributed by atoms with Gasteiger partial charge in [0.25, 0.3) is 0 Å². The molecule has 27 heavy (non-hydrogen) atoms. The van der Waals surface area contributed by atoms with Gasteiger partial charge in [-0.05, 0) is 42.9 Å². The second kappa shape index (κ2) is 10.5. The smallest absolute Gasteiger partial charge is 0.220 e. The molecule has 0 unspecified atom stereocenters. The first-order chi connectivity index (χ1) is 13.1. The molecule has 1 aromatic carbocycles. The topological polar surface area (TPSA) is 47.6 Å². The number of unbranched alkanes of at least 4 members (excludes halogenated alkanes) is 1. The molecule has 3 rings (SSSR count). The van der Waals surface area contributed by atoms with Crippen molar-refractivity contribution in [1.82, 2.24) is 5.32 Å². The van der Waals surface area contributed by atoms with Crippen molar-refractivity contribution in [1.29, 1.82) is 0 Å². The maximum atomic E-state index is 12.5. The molecule has 1 N–H and O–H groups in total. The average Bonchev–Trinajstić information content (AvgIpc) is 3.06. The van der Waals surface area contributed by atoms with Crippen LogP contribution in [0.25, 0.3) is 0 Å². The van der Waals surface area contributed by atoms with Gasteiger partial charge in [-0.3, -0.25) is 4.79 Å². The zero-order valence-electron chi connectivity index (χ0n) is 16.4. The van der Waals surface area contributed by atoms with Crippen LogP contribution in [0.1, 0.15) is 64.0 Å². The molecule has 0 aromatic heterocycles. The van der Waals surface area contributed by atoms with E-state index in [1.807, 2.05) is 39.8 Å². The van der Waals surface area contributed by atoms with Gasteiger partial charge in [-0.15, -0.1) is 0 Å². The normalized spacial score (nSPS) is 20.3. The molecule has 2 atom stereocenters. The zero-order chi connectivity index (χ0) is 19.1. The summed E-state index contributed by atoms with van der Waals surface area (Å²) in [6.07, 6.45) is 6.17. The minimum absolute atomic E-state index is 0.00330. The molecule has 150 valence electrons. The van der Waals surface area contributed by atoms with E-state index < -0.39 is 0 Å². The summed E-state index contributed by atoms with van der Waals surface area (Å²) < 4.78 is 11.5. The number of fused-ring (bicyclic) bond motifs is 1. The van der Waals surface area contributed by atoms with Gasteiger partial charge in [0, 0.05) is 23.8 Å². The van der Waals surface area contributed by atoms with Gasteiger partial charge in [-0.1, -0.05) is 47.9 Å². The summed E-state index contributed by atoms with van der Waals surface area (Å²) in [5.74, 6) is 3.33. The largest absolute Gasteiger partial charge is 0.490 e. The van der Waals surface area contributed by atoms with Crippen molar-refractivity contribution >= 4 is 27.5 Å². The summed E-state index contributed by atoms with van der Waals surface area (Å²) in [7, 11) is 4.00. The predicted octanol–water partition coefficient (Wildman–Crippen LogP) is 5.38. The molecule has 2 aliphatic heterocycles. The number of hydrogen-bond acceptors (Lipinski definition) is 5. The van der Waals surface area contributed by atoms with Crippen molar-refractivity contribution in [2.24, 2.45) is 5.92 Å². The van der Waals surface area contributed by atoms with E-state index in [0.717, 1.165) is 41.6 Å². The monoisotopic (exact) mass is 409 g/mol. The van der Waals surface area contributed by atoms with E-state index in [0.29, 0.717) is 25.6 Å². The van der Waals surface area contributed by atoms with Crippen LogP contribution in [0, 0.1) is 5.92 Å². The molecular formula is C21H31NO3S2. The third kappa shape index (κ3) is 6.24. The van der Waals surface area contributed by atoms with Crippen LogP contribution in [-0.2, 0) is 4.79 Å². The quantitative estimate of drug-likeness (QED) is 0.462. The van der Waals surface area contributed by atoms with Crippen LogP contribution in [0.5, 0.6) is 11.5 Å². The lowest BCUT2D eigenvalue weighted by Crippen LogP contribution is -2.31. The molecule has 0 spiro atoms. The second-order valence-corrected chi connectivity index (χ2v) is 10.4. The highest BCUT2D eigenvalue weighted by atomic mass is 33.1. The lowest BCUT2D eigenvalue weighted by Gasteiger charge is -2.24. The Hall–Kier alpha value is -1.01. The summed E-state index contributed by atoms with van der Waals surface area (Å²) in [4.78, 5) is 12.5. The Morgan fingerprint density at radius 2 is 2.04 bits per heavy atom. The van der Waals surface area contributed by atoms with Crippen LogP contribution >= 0.6 is 21.6 Å². The Bertz CT molecular complexity index is 617. The third-order valence-electron chi connectivity index (χ3n) is 5.02. The Kier molecular flexibility index (Phi) is 8.07. The van der Waals surface area contributed by atoms with Crippen LogP contribution in [0.3, 0.4) is 0 Å². The summed E-state index contributed by atoms with van der Waals surface area (Å²) >= 11 is 0. The average molecular weight is 410 g/mol. The first-order valence-corrected chi connectivity index (χ1v) is 12.5. The van der Waals surface area contributed by atoms with Crippen molar-refractivity contribution in [3.63, 3.8) is 0 Å². The fraction of sp³-hybridized carbons (Fsp3) is 0.667. The van der Waals surface area contributed by atoms with Gasteiger partial charge >= 0.3 is 0 Å². The molecule has 6 heteroatoms. The van der Waals surface area contributed by atoms with E-state index >= 15 is 0 Å². The fourth-order valence-corrected chi connectivity index (χ4v) is 6.50. The summed E-state index contributed by atoms with van der Waals surface area (Å²) in [6.45, 7) is 5.65. The number of nitrogens with one attached hydrogen (secondary N) is 1. The lowest BCUT2D eigenvalue weighted by atomic mass is 9.95. The standard InChI is InChI=1S/C21H31NO3S2/c1-15(2)21(16-8-9-18-19(14-16)25-12-5-11-24-18)22-20(23)7-4-3-6-17-10-13-26-27-17/h8-9,14-15,17,21H,3-7,10-13H2,1-2H3,(H,22,23)/t17-,21+/m0/s1. The van der Waals surface area contributed by atoms with Gasteiger partial charge in [0.05, 0.1) is 19.3 Å². The van der Waals surface area contributed by atoms with Crippen molar-refractivity contribution in [3.8, 4) is 11.5 Å². The van der Waals surface area contributed by atoms with Gasteiger partial charge in [-0.2, -0.15) is 0 Å². The molecule has 0 radical (unpaired) electrons. The minimum Gasteiger partial charge on any atom is -0.490 e. The molecule has 2 aliphatic rings. The van der Waals surface area contributed by atoms with Crippen LogP contribution in [0.2, 0.25) is 0 Å². The Labute approximate surface area is 170 Å². The number of benzene rings is 1. The number of ether oxygens (including phenoxy) is 2. The Morgan fingerprint density at radius 3 is 2.78 bits per heavy atom. The number of carbonyl (C=O) groups excluding carboxylic acids is 1. The van der Waals surface area contributed by atoms with Crippen LogP contribution in [0.15, 0.2) is 18.2 Å². The molecule has 0 saturated carbocycles. The molecule has 1 aromatic rings. The van der Waals surface area contributed by atoms with Crippen molar-refractivity contribution in [2.75, 3.05) is 19.0 Å². The van der Waals surface area contributed by atoms with Gasteiger partial charge in [0.2, 0.25) is 5.91 Å². The van der Waals surface area contributed by atoms with Gasteiger partial charge in [0.15, 0.2) is 11.5 Å². The third-order valence-corrected chi connectivity index (χ3v) is 8.03. The maximum absolute atomic E-state index is 12.5. The highest BCUT2D eigenvalue weighted by Gasteiger charge is 2.21. The van der Waals surface area contributed by atoms with Crippen molar-refractivity contribution in [3.05, 3.63) is 23.8 Å².